The number of halogens is 1. The summed E-state index contributed by atoms with van der Waals surface area (Å²) in [6, 6.07) is 17.7. The van der Waals surface area contributed by atoms with E-state index >= 15 is 0 Å². The van der Waals surface area contributed by atoms with Crippen LogP contribution in [-0.4, -0.2) is 51.4 Å². The number of aryl methyl sites for hydroxylation is 2. The molecular formula is C32H40ClN3O5S. The predicted molar refractivity (Wildman–Crippen MR) is 167 cm³/mol. The first-order chi connectivity index (χ1) is 19.9. The average molecular weight is 614 g/mol. The van der Waals surface area contributed by atoms with Gasteiger partial charge >= 0.3 is 0 Å². The van der Waals surface area contributed by atoms with Crippen LogP contribution in [0.15, 0.2) is 71.6 Å². The van der Waals surface area contributed by atoms with Gasteiger partial charge in [0.1, 0.15) is 18.3 Å². The van der Waals surface area contributed by atoms with E-state index in [-0.39, 0.29) is 23.3 Å². The largest absolute Gasteiger partial charge is 0.497 e. The van der Waals surface area contributed by atoms with Crippen LogP contribution < -0.4 is 14.4 Å². The number of nitrogens with one attached hydrogen (secondary N) is 1. The van der Waals surface area contributed by atoms with Crippen LogP contribution in [0.3, 0.4) is 0 Å². The van der Waals surface area contributed by atoms with Crippen LogP contribution in [0.1, 0.15) is 43.9 Å². The fraction of sp³-hybridized carbons (Fsp3) is 0.375. The molecule has 3 rings (SSSR count). The van der Waals surface area contributed by atoms with E-state index in [4.69, 9.17) is 16.3 Å². The lowest BCUT2D eigenvalue weighted by molar-refractivity contribution is -0.140. The van der Waals surface area contributed by atoms with E-state index in [0.717, 1.165) is 15.4 Å². The van der Waals surface area contributed by atoms with Gasteiger partial charge in [-0.3, -0.25) is 13.9 Å². The third kappa shape index (κ3) is 8.26. The molecule has 0 heterocycles. The number of benzene rings is 3. The van der Waals surface area contributed by atoms with E-state index in [1.807, 2.05) is 39.8 Å². The molecule has 0 aliphatic carbocycles. The van der Waals surface area contributed by atoms with Crippen LogP contribution in [0.2, 0.25) is 5.02 Å². The first kappa shape index (κ1) is 32.9. The molecule has 0 saturated heterocycles. The van der Waals surface area contributed by atoms with Gasteiger partial charge in [0.2, 0.25) is 11.8 Å². The Hall–Kier alpha value is -3.56. The number of sulfonamides is 1. The van der Waals surface area contributed by atoms with Crippen LogP contribution in [0.5, 0.6) is 5.75 Å². The number of carbonyl (C=O) groups excluding carboxylic acids is 2. The molecule has 1 atom stereocenters. The van der Waals surface area contributed by atoms with E-state index in [1.54, 1.807) is 56.5 Å². The number of anilines is 1. The molecule has 0 aliphatic rings. The minimum Gasteiger partial charge on any atom is -0.497 e. The molecule has 42 heavy (non-hydrogen) atoms. The predicted octanol–water partition coefficient (Wildman–Crippen LogP) is 5.74. The van der Waals surface area contributed by atoms with Crippen LogP contribution in [0.4, 0.5) is 5.69 Å². The van der Waals surface area contributed by atoms with Gasteiger partial charge in [-0.05, 0) is 79.8 Å². The van der Waals surface area contributed by atoms with Crippen molar-refractivity contribution in [2.24, 2.45) is 5.92 Å². The molecule has 226 valence electrons. The van der Waals surface area contributed by atoms with Crippen molar-refractivity contribution < 1.29 is 22.7 Å². The number of ether oxygens (including phenoxy) is 1. The van der Waals surface area contributed by atoms with Gasteiger partial charge in [-0.15, -0.1) is 0 Å². The van der Waals surface area contributed by atoms with E-state index in [1.165, 1.54) is 17.0 Å². The summed E-state index contributed by atoms with van der Waals surface area (Å²) >= 11 is 6.19. The van der Waals surface area contributed by atoms with E-state index in [2.05, 4.69) is 5.32 Å². The summed E-state index contributed by atoms with van der Waals surface area (Å²) in [5.74, 6) is 0.0158. The van der Waals surface area contributed by atoms with Gasteiger partial charge in [-0.25, -0.2) is 8.42 Å². The Bertz CT molecular complexity index is 1490. The lowest BCUT2D eigenvalue weighted by Crippen LogP contribution is -2.52. The van der Waals surface area contributed by atoms with Gasteiger partial charge in [0.15, 0.2) is 0 Å². The van der Waals surface area contributed by atoms with Gasteiger partial charge in [0, 0.05) is 18.1 Å². The standard InChI is InChI=1S/C32H40ClN3O5S/c1-7-29(32(38)34-19-22(2)3)35(20-25-9-8-10-27(18-25)41-6)31(37)21-36(30-16-13-26(33)17-24(30)5)42(39,40)28-14-11-23(4)12-15-28/h8-18,22,29H,7,19-21H2,1-6H3,(H,34,38)/t29-/m1/s1. The fourth-order valence-corrected chi connectivity index (χ4v) is 6.26. The minimum absolute atomic E-state index is 0.0521. The quantitative estimate of drug-likeness (QED) is 0.265. The molecule has 0 fully saturated rings. The SMILES string of the molecule is CC[C@H](C(=O)NCC(C)C)N(Cc1cccc(OC)c1)C(=O)CN(c1ccc(Cl)cc1C)S(=O)(=O)c1ccc(C)cc1. The Morgan fingerprint density at radius 1 is 1.00 bits per heavy atom. The normalized spacial score (nSPS) is 12.1. The monoisotopic (exact) mass is 613 g/mol. The van der Waals surface area contributed by atoms with Crippen molar-refractivity contribution in [1.29, 1.82) is 0 Å². The van der Waals surface area contributed by atoms with Gasteiger partial charge in [-0.1, -0.05) is 62.2 Å². The molecule has 10 heteroatoms. The number of hydrogen-bond acceptors (Lipinski definition) is 5. The van der Waals surface area contributed by atoms with Crippen molar-refractivity contribution >= 4 is 39.1 Å². The zero-order valence-electron chi connectivity index (χ0n) is 25.1. The molecule has 3 aromatic rings. The van der Waals surface area contributed by atoms with Gasteiger partial charge in [-0.2, -0.15) is 0 Å². The number of amides is 2. The zero-order chi connectivity index (χ0) is 31.0. The average Bonchev–Trinajstić information content (AvgIpc) is 2.95. The number of carbonyl (C=O) groups is 2. The molecular weight excluding hydrogens is 574 g/mol. The van der Waals surface area contributed by atoms with Crippen molar-refractivity contribution in [1.82, 2.24) is 10.2 Å². The zero-order valence-corrected chi connectivity index (χ0v) is 26.6. The van der Waals surface area contributed by atoms with Crippen molar-refractivity contribution in [2.45, 2.75) is 58.5 Å². The summed E-state index contributed by atoms with van der Waals surface area (Å²) in [5.41, 5.74) is 2.56. The highest BCUT2D eigenvalue weighted by atomic mass is 35.5. The summed E-state index contributed by atoms with van der Waals surface area (Å²) in [6.45, 7) is 9.44. The number of rotatable bonds is 13. The smallest absolute Gasteiger partial charge is 0.264 e. The van der Waals surface area contributed by atoms with Gasteiger partial charge < -0.3 is 15.0 Å². The van der Waals surface area contributed by atoms with Crippen molar-refractivity contribution in [3.05, 3.63) is 88.4 Å². The van der Waals surface area contributed by atoms with Crippen molar-refractivity contribution in [3.63, 3.8) is 0 Å². The topological polar surface area (TPSA) is 96.0 Å². The molecule has 0 bridgehead atoms. The summed E-state index contributed by atoms with van der Waals surface area (Å²) < 4.78 is 34.6. The Morgan fingerprint density at radius 2 is 1.69 bits per heavy atom. The number of nitrogens with zero attached hydrogens (tertiary/aromatic N) is 2. The van der Waals surface area contributed by atoms with Gasteiger partial charge in [0.05, 0.1) is 17.7 Å². The second-order valence-electron chi connectivity index (χ2n) is 10.7. The summed E-state index contributed by atoms with van der Waals surface area (Å²) in [7, 11) is -2.62. The number of methoxy groups -OCH3 is 1. The van der Waals surface area contributed by atoms with Crippen LogP contribution in [0, 0.1) is 19.8 Å². The maximum atomic E-state index is 14.2. The Balaban J connectivity index is 2.09. The molecule has 0 spiro atoms. The van der Waals surface area contributed by atoms with E-state index < -0.39 is 28.5 Å². The third-order valence-corrected chi connectivity index (χ3v) is 8.88. The molecule has 0 aromatic heterocycles. The Kier molecular flexibility index (Phi) is 11.4. The van der Waals surface area contributed by atoms with Crippen LogP contribution >= 0.6 is 11.6 Å². The minimum atomic E-state index is -4.17. The molecule has 0 aliphatic heterocycles. The second-order valence-corrected chi connectivity index (χ2v) is 13.0. The molecule has 3 aromatic carbocycles. The lowest BCUT2D eigenvalue weighted by Gasteiger charge is -2.33. The highest BCUT2D eigenvalue weighted by Crippen LogP contribution is 2.30. The first-order valence-electron chi connectivity index (χ1n) is 13.9. The highest BCUT2D eigenvalue weighted by Gasteiger charge is 2.34. The Morgan fingerprint density at radius 3 is 2.29 bits per heavy atom. The van der Waals surface area contributed by atoms with Crippen molar-refractivity contribution in [3.8, 4) is 5.75 Å². The highest BCUT2D eigenvalue weighted by molar-refractivity contribution is 7.92. The summed E-state index contributed by atoms with van der Waals surface area (Å²) in [5, 5.41) is 3.38. The van der Waals surface area contributed by atoms with Crippen molar-refractivity contribution in [2.75, 3.05) is 24.5 Å². The third-order valence-electron chi connectivity index (χ3n) is 6.87. The Labute approximate surface area is 254 Å². The number of hydrogen-bond donors (Lipinski definition) is 1. The van der Waals surface area contributed by atoms with Crippen LogP contribution in [-0.2, 0) is 26.2 Å². The first-order valence-corrected chi connectivity index (χ1v) is 15.7. The molecule has 0 saturated carbocycles. The second kappa shape index (κ2) is 14.6. The summed E-state index contributed by atoms with van der Waals surface area (Å²) in [4.78, 5) is 29.1. The van der Waals surface area contributed by atoms with Gasteiger partial charge in [0.25, 0.3) is 10.0 Å². The molecule has 1 N–H and O–H groups in total. The van der Waals surface area contributed by atoms with E-state index in [0.29, 0.717) is 35.0 Å². The molecule has 0 unspecified atom stereocenters. The fourth-order valence-electron chi connectivity index (χ4n) is 4.56. The molecule has 8 nitrogen and oxygen atoms in total. The van der Waals surface area contributed by atoms with E-state index in [9.17, 15) is 18.0 Å². The van der Waals surface area contributed by atoms with Crippen LogP contribution in [0.25, 0.3) is 0 Å². The molecule has 2 amide bonds. The lowest BCUT2D eigenvalue weighted by atomic mass is 10.1. The molecule has 0 radical (unpaired) electrons. The summed E-state index contributed by atoms with van der Waals surface area (Å²) in [6.07, 6.45) is 0.338. The maximum Gasteiger partial charge on any atom is 0.264 e. The maximum absolute atomic E-state index is 14.2.